The third-order valence-electron chi connectivity index (χ3n) is 4.03. The number of hydrogen-bond donors (Lipinski definition) is 0. The first-order chi connectivity index (χ1) is 6.22. The van der Waals surface area contributed by atoms with Crippen molar-refractivity contribution in [1.82, 2.24) is 0 Å². The van der Waals surface area contributed by atoms with Gasteiger partial charge >= 0.3 is 0 Å². The smallest absolute Gasteiger partial charge is 0.0329 e. The van der Waals surface area contributed by atoms with Gasteiger partial charge in [-0.25, -0.2) is 0 Å². The molecule has 0 heteroatoms. The van der Waals surface area contributed by atoms with Crippen molar-refractivity contribution in [3.05, 3.63) is 0 Å². The van der Waals surface area contributed by atoms with Gasteiger partial charge in [0.25, 0.3) is 0 Å². The van der Waals surface area contributed by atoms with Gasteiger partial charge in [0.15, 0.2) is 0 Å². The van der Waals surface area contributed by atoms with E-state index in [1.807, 2.05) is 0 Å². The summed E-state index contributed by atoms with van der Waals surface area (Å²) in [4.78, 5) is 0. The predicted molar refractivity (Wildman–Crippen MR) is 59.7 cm³/mol. The Morgan fingerprint density at radius 2 is 1.54 bits per heavy atom. The highest BCUT2D eigenvalue weighted by molar-refractivity contribution is 4.94. The van der Waals surface area contributed by atoms with E-state index in [2.05, 4.69) is 27.7 Å². The molecule has 0 aliphatic heterocycles. The fourth-order valence-corrected chi connectivity index (χ4v) is 2.93. The maximum Gasteiger partial charge on any atom is -0.0329 e. The second-order valence-corrected chi connectivity index (χ2v) is 4.99. The average Bonchev–Trinajstić information content (AvgIpc) is 2.69. The van der Waals surface area contributed by atoms with Crippen molar-refractivity contribution in [3.63, 3.8) is 0 Å². The minimum atomic E-state index is 1.02. The minimum absolute atomic E-state index is 1.02. The van der Waals surface area contributed by atoms with Crippen LogP contribution in [0.2, 0.25) is 0 Å². The summed E-state index contributed by atoms with van der Waals surface area (Å²) in [6, 6.07) is 0. The topological polar surface area (TPSA) is 0 Å². The van der Waals surface area contributed by atoms with Crippen LogP contribution in [0.25, 0.3) is 0 Å². The van der Waals surface area contributed by atoms with Crippen LogP contribution in [-0.2, 0) is 0 Å². The van der Waals surface area contributed by atoms with E-state index in [0.29, 0.717) is 0 Å². The second kappa shape index (κ2) is 5.02. The Bertz CT molecular complexity index is 131. The quantitative estimate of drug-likeness (QED) is 0.567. The van der Waals surface area contributed by atoms with Crippen molar-refractivity contribution in [2.75, 3.05) is 0 Å². The Labute approximate surface area is 84.1 Å². The molecule has 0 radical (unpaired) electrons. The van der Waals surface area contributed by atoms with Gasteiger partial charge in [0.2, 0.25) is 0 Å². The van der Waals surface area contributed by atoms with Crippen LogP contribution in [0.4, 0.5) is 0 Å². The highest BCUT2D eigenvalue weighted by Gasteiger charge is 2.46. The fraction of sp³-hybridized carbons (Fsp3) is 1.00. The van der Waals surface area contributed by atoms with Gasteiger partial charge < -0.3 is 0 Å². The molecule has 0 aromatic carbocycles. The molecular weight excluding hydrogens is 156 g/mol. The maximum atomic E-state index is 2.43. The van der Waals surface area contributed by atoms with E-state index in [1.165, 1.54) is 32.1 Å². The fourth-order valence-electron chi connectivity index (χ4n) is 2.93. The van der Waals surface area contributed by atoms with Crippen molar-refractivity contribution >= 4 is 0 Å². The molecule has 1 aliphatic carbocycles. The van der Waals surface area contributed by atoms with Gasteiger partial charge in [-0.15, -0.1) is 0 Å². The summed E-state index contributed by atoms with van der Waals surface area (Å²) < 4.78 is 0. The van der Waals surface area contributed by atoms with Crippen LogP contribution in [0.1, 0.15) is 59.8 Å². The van der Waals surface area contributed by atoms with Gasteiger partial charge in [-0.3, -0.25) is 0 Å². The Morgan fingerprint density at radius 1 is 0.923 bits per heavy atom. The Morgan fingerprint density at radius 3 is 1.92 bits per heavy atom. The molecule has 78 valence electrons. The van der Waals surface area contributed by atoms with E-state index >= 15 is 0 Å². The highest BCUT2D eigenvalue weighted by atomic mass is 14.5. The van der Waals surface area contributed by atoms with E-state index in [0.717, 1.165) is 23.7 Å². The summed E-state index contributed by atoms with van der Waals surface area (Å²) in [6.45, 7) is 9.51. The molecule has 0 N–H and O–H groups in total. The molecule has 0 aromatic rings. The molecule has 0 amide bonds. The number of rotatable bonds is 6. The molecule has 1 rings (SSSR count). The Kier molecular flexibility index (Phi) is 4.28. The molecule has 0 nitrogen and oxygen atoms in total. The third-order valence-corrected chi connectivity index (χ3v) is 4.03. The van der Waals surface area contributed by atoms with Crippen LogP contribution < -0.4 is 0 Å². The second-order valence-electron chi connectivity index (χ2n) is 4.99. The molecule has 0 aromatic heterocycles. The molecule has 0 bridgehead atoms. The molecular formula is C13H26. The van der Waals surface area contributed by atoms with Crippen molar-refractivity contribution < 1.29 is 0 Å². The lowest BCUT2D eigenvalue weighted by molar-refractivity contribution is 0.359. The van der Waals surface area contributed by atoms with E-state index in [4.69, 9.17) is 0 Å². The van der Waals surface area contributed by atoms with Crippen LogP contribution in [0.5, 0.6) is 0 Å². The third kappa shape index (κ3) is 2.72. The highest BCUT2D eigenvalue weighted by Crippen LogP contribution is 2.52. The van der Waals surface area contributed by atoms with Gasteiger partial charge in [0.05, 0.1) is 0 Å². The van der Waals surface area contributed by atoms with E-state index in [1.54, 1.807) is 0 Å². The molecule has 0 saturated heterocycles. The van der Waals surface area contributed by atoms with Crippen LogP contribution in [-0.4, -0.2) is 0 Å². The predicted octanol–water partition coefficient (Wildman–Crippen LogP) is 4.49. The first kappa shape index (κ1) is 11.1. The van der Waals surface area contributed by atoms with Crippen molar-refractivity contribution in [2.24, 2.45) is 23.7 Å². The van der Waals surface area contributed by atoms with Crippen molar-refractivity contribution in [2.45, 2.75) is 59.8 Å². The number of unbranched alkanes of at least 4 members (excludes halogenated alkanes) is 1. The van der Waals surface area contributed by atoms with Crippen LogP contribution in [0, 0.1) is 23.7 Å². The monoisotopic (exact) mass is 182 g/mol. The van der Waals surface area contributed by atoms with Gasteiger partial charge in [-0.1, -0.05) is 59.8 Å². The number of hydrogen-bond acceptors (Lipinski definition) is 0. The SMILES string of the molecule is CCCCC(CCC)C1C(C)C1C. The van der Waals surface area contributed by atoms with Gasteiger partial charge in [0, 0.05) is 0 Å². The summed E-state index contributed by atoms with van der Waals surface area (Å²) in [7, 11) is 0. The molecule has 3 atom stereocenters. The molecule has 1 fully saturated rings. The zero-order valence-electron chi connectivity index (χ0n) is 9.84. The van der Waals surface area contributed by atoms with Crippen LogP contribution >= 0.6 is 0 Å². The first-order valence-corrected chi connectivity index (χ1v) is 6.22. The molecule has 3 unspecified atom stereocenters. The van der Waals surface area contributed by atoms with Gasteiger partial charge in [-0.2, -0.15) is 0 Å². The Hall–Kier alpha value is 0. The molecule has 0 heterocycles. The van der Waals surface area contributed by atoms with E-state index in [9.17, 15) is 0 Å². The first-order valence-electron chi connectivity index (χ1n) is 6.22. The van der Waals surface area contributed by atoms with Crippen LogP contribution in [0.15, 0.2) is 0 Å². The average molecular weight is 182 g/mol. The van der Waals surface area contributed by atoms with Crippen LogP contribution in [0.3, 0.4) is 0 Å². The lowest BCUT2D eigenvalue weighted by Gasteiger charge is -2.15. The summed E-state index contributed by atoms with van der Waals surface area (Å²) in [5, 5.41) is 0. The molecule has 0 spiro atoms. The lowest BCUT2D eigenvalue weighted by atomic mass is 9.91. The molecule has 1 saturated carbocycles. The van der Waals surface area contributed by atoms with Crippen molar-refractivity contribution in [3.8, 4) is 0 Å². The largest absolute Gasteiger partial charge is 0.0654 e. The molecule has 13 heavy (non-hydrogen) atoms. The zero-order chi connectivity index (χ0) is 9.84. The molecule has 1 aliphatic rings. The summed E-state index contributed by atoms with van der Waals surface area (Å²) in [5.74, 6) is 4.17. The summed E-state index contributed by atoms with van der Waals surface area (Å²) in [5.41, 5.74) is 0. The van der Waals surface area contributed by atoms with Gasteiger partial charge in [-0.05, 0) is 23.7 Å². The van der Waals surface area contributed by atoms with Gasteiger partial charge in [0.1, 0.15) is 0 Å². The minimum Gasteiger partial charge on any atom is -0.0654 e. The maximum absolute atomic E-state index is 2.43. The van der Waals surface area contributed by atoms with Crippen molar-refractivity contribution in [1.29, 1.82) is 0 Å². The summed E-state index contributed by atoms with van der Waals surface area (Å²) in [6.07, 6.45) is 7.16. The zero-order valence-corrected chi connectivity index (χ0v) is 9.84. The lowest BCUT2D eigenvalue weighted by Crippen LogP contribution is -2.04. The van der Waals surface area contributed by atoms with E-state index in [-0.39, 0.29) is 0 Å². The van der Waals surface area contributed by atoms with E-state index < -0.39 is 0 Å². The standard InChI is InChI=1S/C13H26/c1-5-7-9-12(8-6-2)13-10(3)11(13)4/h10-13H,5-9H2,1-4H3. The Balaban J connectivity index is 2.30. The summed E-state index contributed by atoms with van der Waals surface area (Å²) >= 11 is 0. The normalized spacial score (nSPS) is 34.6.